The van der Waals surface area contributed by atoms with E-state index in [1.54, 1.807) is 0 Å². The second kappa shape index (κ2) is 8.62. The summed E-state index contributed by atoms with van der Waals surface area (Å²) in [5.41, 5.74) is 4.58. The van der Waals surface area contributed by atoms with E-state index in [1.807, 2.05) is 36.4 Å². The van der Waals surface area contributed by atoms with E-state index >= 15 is 0 Å². The lowest BCUT2D eigenvalue weighted by Crippen LogP contribution is -2.41. The van der Waals surface area contributed by atoms with Crippen molar-refractivity contribution in [2.75, 3.05) is 23.6 Å². The molecule has 3 N–H and O–H groups in total. The van der Waals surface area contributed by atoms with Gasteiger partial charge in [0.2, 0.25) is 0 Å². The Hall–Kier alpha value is -3.79. The SMILES string of the molecule is O=C(Nc1cc(C(=O)N2CSC[C@H]2C(=O)O)[nH]n1)OCC1c2ccccc2-c2ccccc21. The van der Waals surface area contributed by atoms with Crippen LogP contribution in [0.25, 0.3) is 11.1 Å². The molecular formula is C23H20N4O5S. The summed E-state index contributed by atoms with van der Waals surface area (Å²) in [6.07, 6.45) is -0.692. The number of rotatable bonds is 5. The number of carboxylic acid groups (broad SMARTS) is 1. The molecule has 1 aliphatic carbocycles. The number of H-pyrrole nitrogens is 1. The summed E-state index contributed by atoms with van der Waals surface area (Å²) in [4.78, 5) is 37.6. The van der Waals surface area contributed by atoms with Gasteiger partial charge in [-0.2, -0.15) is 5.10 Å². The van der Waals surface area contributed by atoms with Crippen LogP contribution in [0.5, 0.6) is 0 Å². The fourth-order valence-electron chi connectivity index (χ4n) is 4.24. The zero-order valence-electron chi connectivity index (χ0n) is 17.4. The zero-order valence-corrected chi connectivity index (χ0v) is 18.2. The molecule has 2 aromatic carbocycles. The van der Waals surface area contributed by atoms with Crippen LogP contribution in [0.2, 0.25) is 0 Å². The molecule has 33 heavy (non-hydrogen) atoms. The maximum Gasteiger partial charge on any atom is 0.412 e. The summed E-state index contributed by atoms with van der Waals surface area (Å²) >= 11 is 1.37. The van der Waals surface area contributed by atoms with Gasteiger partial charge in [-0.1, -0.05) is 48.5 Å². The number of anilines is 1. The van der Waals surface area contributed by atoms with Crippen molar-refractivity contribution in [2.24, 2.45) is 0 Å². The highest BCUT2D eigenvalue weighted by Crippen LogP contribution is 2.44. The molecule has 0 saturated carbocycles. The molecule has 10 heteroatoms. The number of hydrogen-bond acceptors (Lipinski definition) is 6. The molecule has 0 bridgehead atoms. The van der Waals surface area contributed by atoms with Crippen molar-refractivity contribution in [3.63, 3.8) is 0 Å². The fourth-order valence-corrected chi connectivity index (χ4v) is 5.38. The number of ether oxygens (including phenoxy) is 1. The number of benzene rings is 2. The van der Waals surface area contributed by atoms with Crippen LogP contribution in [0.4, 0.5) is 10.6 Å². The van der Waals surface area contributed by atoms with E-state index in [0.717, 1.165) is 22.3 Å². The first-order chi connectivity index (χ1) is 16.0. The fraction of sp³-hybridized carbons (Fsp3) is 0.217. The number of amides is 2. The maximum atomic E-state index is 12.6. The average Bonchev–Trinajstić information content (AvgIpc) is 3.55. The Morgan fingerprint density at radius 1 is 1.12 bits per heavy atom. The Labute approximate surface area is 193 Å². The zero-order chi connectivity index (χ0) is 22.9. The van der Waals surface area contributed by atoms with E-state index in [-0.39, 0.29) is 29.9 Å². The third-order valence-electron chi connectivity index (χ3n) is 5.81. The molecule has 3 aromatic rings. The lowest BCUT2D eigenvalue weighted by Gasteiger charge is -2.19. The molecular weight excluding hydrogens is 444 g/mol. The van der Waals surface area contributed by atoms with Crippen LogP contribution >= 0.6 is 11.8 Å². The van der Waals surface area contributed by atoms with Crippen molar-refractivity contribution in [1.82, 2.24) is 15.1 Å². The van der Waals surface area contributed by atoms with Gasteiger partial charge in [0, 0.05) is 17.7 Å². The van der Waals surface area contributed by atoms with E-state index in [1.165, 1.54) is 22.7 Å². The van der Waals surface area contributed by atoms with Crippen molar-refractivity contribution in [3.8, 4) is 11.1 Å². The van der Waals surface area contributed by atoms with Crippen LogP contribution in [-0.4, -0.2) is 62.5 Å². The minimum absolute atomic E-state index is 0.0694. The van der Waals surface area contributed by atoms with Gasteiger partial charge in [-0.05, 0) is 22.3 Å². The minimum atomic E-state index is -1.05. The van der Waals surface area contributed by atoms with E-state index in [2.05, 4.69) is 27.6 Å². The Morgan fingerprint density at radius 2 is 1.79 bits per heavy atom. The van der Waals surface area contributed by atoms with Gasteiger partial charge in [-0.15, -0.1) is 11.8 Å². The molecule has 1 aromatic heterocycles. The third-order valence-corrected chi connectivity index (χ3v) is 6.82. The number of aromatic nitrogens is 2. The molecule has 2 amide bonds. The van der Waals surface area contributed by atoms with E-state index in [0.29, 0.717) is 5.75 Å². The Balaban J connectivity index is 1.23. The van der Waals surface area contributed by atoms with Crippen LogP contribution < -0.4 is 5.32 Å². The van der Waals surface area contributed by atoms with Crippen LogP contribution in [0.15, 0.2) is 54.6 Å². The van der Waals surface area contributed by atoms with Gasteiger partial charge >= 0.3 is 12.1 Å². The molecule has 168 valence electrons. The highest BCUT2D eigenvalue weighted by molar-refractivity contribution is 7.99. The first-order valence-electron chi connectivity index (χ1n) is 10.3. The number of aliphatic carboxylic acids is 1. The molecule has 5 rings (SSSR count). The first-order valence-corrected chi connectivity index (χ1v) is 11.5. The van der Waals surface area contributed by atoms with Crippen molar-refractivity contribution >= 4 is 35.5 Å². The maximum absolute atomic E-state index is 12.6. The molecule has 1 fully saturated rings. The van der Waals surface area contributed by atoms with Gasteiger partial charge in [0.05, 0.1) is 5.88 Å². The van der Waals surface area contributed by atoms with E-state index < -0.39 is 24.0 Å². The topological polar surface area (TPSA) is 125 Å². The molecule has 2 heterocycles. The second-order valence-electron chi connectivity index (χ2n) is 7.75. The molecule has 0 unspecified atom stereocenters. The smallest absolute Gasteiger partial charge is 0.412 e. The highest BCUT2D eigenvalue weighted by Gasteiger charge is 2.36. The Morgan fingerprint density at radius 3 is 2.45 bits per heavy atom. The Bertz CT molecular complexity index is 1200. The molecule has 1 saturated heterocycles. The summed E-state index contributed by atoms with van der Waals surface area (Å²) in [5.74, 6) is -0.871. The molecule has 1 aliphatic heterocycles. The van der Waals surface area contributed by atoms with Crippen molar-refractivity contribution in [2.45, 2.75) is 12.0 Å². The van der Waals surface area contributed by atoms with Gasteiger partial charge in [-0.3, -0.25) is 15.2 Å². The lowest BCUT2D eigenvalue weighted by atomic mass is 9.98. The summed E-state index contributed by atoms with van der Waals surface area (Å²) in [7, 11) is 0. The lowest BCUT2D eigenvalue weighted by molar-refractivity contribution is -0.140. The predicted molar refractivity (Wildman–Crippen MR) is 122 cm³/mol. The molecule has 2 aliphatic rings. The summed E-state index contributed by atoms with van der Waals surface area (Å²) in [6.45, 7) is 0.154. The average molecular weight is 465 g/mol. The number of carboxylic acids is 1. The largest absolute Gasteiger partial charge is 0.480 e. The Kier molecular flexibility index (Phi) is 5.51. The van der Waals surface area contributed by atoms with Crippen molar-refractivity contribution < 1.29 is 24.2 Å². The number of nitrogens with one attached hydrogen (secondary N) is 2. The number of carbonyl (C=O) groups is 3. The van der Waals surface area contributed by atoms with Gasteiger partial charge in [0.15, 0.2) is 5.82 Å². The number of fused-ring (bicyclic) bond motifs is 3. The van der Waals surface area contributed by atoms with E-state index in [9.17, 15) is 19.5 Å². The first kappa shape index (κ1) is 21.1. The summed E-state index contributed by atoms with van der Waals surface area (Å²) in [6, 6.07) is 16.6. The van der Waals surface area contributed by atoms with Crippen LogP contribution in [-0.2, 0) is 9.53 Å². The van der Waals surface area contributed by atoms with Crippen LogP contribution in [0.1, 0.15) is 27.5 Å². The van der Waals surface area contributed by atoms with Gasteiger partial charge < -0.3 is 14.7 Å². The number of nitrogens with zero attached hydrogens (tertiary/aromatic N) is 2. The summed E-state index contributed by atoms with van der Waals surface area (Å²) < 4.78 is 5.48. The molecule has 0 spiro atoms. The van der Waals surface area contributed by atoms with Crippen molar-refractivity contribution in [3.05, 3.63) is 71.4 Å². The minimum Gasteiger partial charge on any atom is -0.480 e. The standard InChI is InChI=1S/C23H20N4O5S/c28-21(27-12-33-11-19(27)22(29)30)18-9-20(26-25-18)24-23(31)32-10-17-15-7-3-1-5-13(15)14-6-2-4-8-16(14)17/h1-9,17,19H,10-12H2,(H,29,30)(H2,24,25,26,31)/t19-/m0/s1. The number of thioether (sulfide) groups is 1. The number of hydrogen-bond donors (Lipinski definition) is 3. The van der Waals surface area contributed by atoms with Gasteiger partial charge in [0.25, 0.3) is 5.91 Å². The second-order valence-corrected chi connectivity index (χ2v) is 8.75. The van der Waals surface area contributed by atoms with E-state index in [4.69, 9.17) is 4.74 Å². The molecule has 0 radical (unpaired) electrons. The number of aromatic amines is 1. The van der Waals surface area contributed by atoms with Gasteiger partial charge in [0.1, 0.15) is 18.3 Å². The highest BCUT2D eigenvalue weighted by atomic mass is 32.2. The van der Waals surface area contributed by atoms with Crippen LogP contribution in [0, 0.1) is 0 Å². The monoisotopic (exact) mass is 464 g/mol. The van der Waals surface area contributed by atoms with Crippen LogP contribution in [0.3, 0.4) is 0 Å². The quantitative estimate of drug-likeness (QED) is 0.529. The molecule has 9 nitrogen and oxygen atoms in total. The van der Waals surface area contributed by atoms with Gasteiger partial charge in [-0.25, -0.2) is 9.59 Å². The molecule has 1 atom stereocenters. The van der Waals surface area contributed by atoms with Crippen molar-refractivity contribution in [1.29, 1.82) is 0 Å². The normalized spacial score (nSPS) is 16.8. The summed E-state index contributed by atoms with van der Waals surface area (Å²) in [5, 5.41) is 18.3. The number of carbonyl (C=O) groups excluding carboxylic acids is 2. The third kappa shape index (κ3) is 3.93. The predicted octanol–water partition coefficient (Wildman–Crippen LogP) is 3.37.